The van der Waals surface area contributed by atoms with Gasteiger partial charge in [0.25, 0.3) is 5.91 Å². The van der Waals surface area contributed by atoms with Crippen molar-refractivity contribution < 1.29 is 9.18 Å². The van der Waals surface area contributed by atoms with E-state index in [1.54, 1.807) is 12.3 Å². The van der Waals surface area contributed by atoms with Gasteiger partial charge in [-0.1, -0.05) is 18.2 Å². The number of halogens is 1. The first-order valence-corrected chi connectivity index (χ1v) is 13.0. The van der Waals surface area contributed by atoms with Crippen molar-refractivity contribution in [2.45, 2.75) is 31.6 Å². The highest BCUT2D eigenvalue weighted by Gasteiger charge is 2.28. The number of rotatable bonds is 5. The smallest absolute Gasteiger partial charge is 0.253 e. The van der Waals surface area contributed by atoms with Crippen molar-refractivity contribution in [3.05, 3.63) is 77.2 Å². The van der Waals surface area contributed by atoms with E-state index < -0.39 is 6.17 Å². The van der Waals surface area contributed by atoms with Crippen LogP contribution in [0.3, 0.4) is 0 Å². The molecule has 0 bridgehead atoms. The van der Waals surface area contributed by atoms with Gasteiger partial charge in [0.15, 0.2) is 7.85 Å². The molecule has 3 N–H and O–H groups in total. The van der Waals surface area contributed by atoms with Crippen molar-refractivity contribution in [1.29, 1.82) is 0 Å². The van der Waals surface area contributed by atoms with Gasteiger partial charge in [0.2, 0.25) is 5.95 Å². The number of H-pyrrole nitrogens is 1. The number of aromatic nitrogens is 3. The fourth-order valence-electron chi connectivity index (χ4n) is 5.27. The summed E-state index contributed by atoms with van der Waals surface area (Å²) >= 11 is 0. The van der Waals surface area contributed by atoms with Crippen LogP contribution in [-0.4, -0.2) is 71.7 Å². The molecule has 2 atom stereocenters. The van der Waals surface area contributed by atoms with Gasteiger partial charge in [0.05, 0.1) is 23.6 Å². The van der Waals surface area contributed by atoms with Crippen LogP contribution in [0.1, 0.15) is 34.5 Å². The summed E-state index contributed by atoms with van der Waals surface area (Å²) in [6.45, 7) is 1.85. The van der Waals surface area contributed by atoms with Crippen LogP contribution in [0, 0.1) is 0 Å². The third-order valence-electron chi connectivity index (χ3n) is 7.35. The minimum absolute atomic E-state index is 0.0424. The Labute approximate surface area is 221 Å². The second-order valence-corrected chi connectivity index (χ2v) is 9.95. The lowest BCUT2D eigenvalue weighted by atomic mass is 9.94. The summed E-state index contributed by atoms with van der Waals surface area (Å²) < 4.78 is 14.8. The number of carbonyl (C=O) groups is 1. The molecule has 6 rings (SSSR count). The fraction of sp³-hybridized carbons (Fsp3) is 0.286. The zero-order valence-electron chi connectivity index (χ0n) is 21.5. The van der Waals surface area contributed by atoms with Crippen molar-refractivity contribution in [3.63, 3.8) is 0 Å². The minimum atomic E-state index is -1.09. The highest BCUT2D eigenvalue weighted by Crippen LogP contribution is 2.33. The highest BCUT2D eigenvalue weighted by molar-refractivity contribution is 6.32. The summed E-state index contributed by atoms with van der Waals surface area (Å²) in [6.07, 6.45) is 7.51. The minimum Gasteiger partial charge on any atom is -0.366 e. The van der Waals surface area contributed by atoms with Crippen LogP contribution in [-0.2, 0) is 6.54 Å². The molecule has 1 fully saturated rings. The van der Waals surface area contributed by atoms with E-state index in [0.29, 0.717) is 41.8 Å². The number of hydrogen-bond donors (Lipinski definition) is 3. The number of carbonyl (C=O) groups excluding carboxylic acids is 1. The second-order valence-electron chi connectivity index (χ2n) is 9.95. The van der Waals surface area contributed by atoms with Crippen molar-refractivity contribution in [2.75, 3.05) is 25.5 Å². The Morgan fingerprint density at radius 1 is 1.26 bits per heavy atom. The fourth-order valence-corrected chi connectivity index (χ4v) is 5.27. The lowest BCUT2D eigenvalue weighted by molar-refractivity contribution is 0.0789. The number of anilines is 2. The molecule has 1 aliphatic carbocycles. The molecular weight excluding hydrogens is 480 g/mol. The Bertz CT molecular complexity index is 1480. The van der Waals surface area contributed by atoms with Gasteiger partial charge in [-0.25, -0.2) is 14.4 Å². The normalized spacial score (nSPS) is 20.3. The van der Waals surface area contributed by atoms with Crippen LogP contribution < -0.4 is 16.2 Å². The topological polar surface area (TPSA) is 98.3 Å². The summed E-state index contributed by atoms with van der Waals surface area (Å²) in [5.41, 5.74) is 6.91. The van der Waals surface area contributed by atoms with Gasteiger partial charge < -0.3 is 20.5 Å². The number of alkyl halides is 1. The molecule has 3 aromatic rings. The summed E-state index contributed by atoms with van der Waals surface area (Å²) in [5.74, 6) is 0.483. The molecule has 2 unspecified atom stereocenters. The zero-order chi connectivity index (χ0) is 26.2. The number of amides is 1. The molecule has 38 heavy (non-hydrogen) atoms. The zero-order valence-corrected chi connectivity index (χ0v) is 21.5. The van der Waals surface area contributed by atoms with Crippen molar-refractivity contribution >= 4 is 36.7 Å². The van der Waals surface area contributed by atoms with Crippen LogP contribution in [0.2, 0.25) is 0 Å². The first-order chi connectivity index (χ1) is 18.5. The summed E-state index contributed by atoms with van der Waals surface area (Å²) in [6, 6.07) is 9.76. The molecule has 10 heteroatoms. The van der Waals surface area contributed by atoms with E-state index in [9.17, 15) is 9.18 Å². The Hall–Kier alpha value is -4.05. The molecule has 4 heterocycles. The maximum atomic E-state index is 14.8. The maximum absolute atomic E-state index is 14.8. The van der Waals surface area contributed by atoms with Crippen LogP contribution in [0.15, 0.2) is 65.3 Å². The number of hydrogen-bond acceptors (Lipinski definition) is 6. The van der Waals surface area contributed by atoms with Gasteiger partial charge in [-0.2, -0.15) is 0 Å². The lowest BCUT2D eigenvalue weighted by Crippen LogP contribution is -2.33. The van der Waals surface area contributed by atoms with Crippen LogP contribution in [0.4, 0.5) is 16.0 Å². The van der Waals surface area contributed by atoms with Gasteiger partial charge in [-0.05, 0) is 49.4 Å². The number of likely N-dealkylation sites (tertiary alicyclic amines) is 1. The Balaban J connectivity index is 1.24. The van der Waals surface area contributed by atoms with Crippen LogP contribution in [0.5, 0.6) is 0 Å². The molecule has 8 nitrogen and oxygen atoms in total. The van der Waals surface area contributed by atoms with E-state index in [2.05, 4.69) is 20.6 Å². The van der Waals surface area contributed by atoms with Gasteiger partial charge in [0.1, 0.15) is 6.17 Å². The molecule has 1 aromatic carbocycles. The van der Waals surface area contributed by atoms with Crippen LogP contribution >= 0.6 is 0 Å². The van der Waals surface area contributed by atoms with Crippen molar-refractivity contribution in [1.82, 2.24) is 25.2 Å². The summed E-state index contributed by atoms with van der Waals surface area (Å²) in [7, 11) is 3.90. The first-order valence-electron chi connectivity index (χ1n) is 13.0. The molecular formula is C28H29BFN7O. The van der Waals surface area contributed by atoms with Gasteiger partial charge in [0, 0.05) is 59.7 Å². The maximum Gasteiger partial charge on any atom is 0.253 e. The van der Waals surface area contributed by atoms with E-state index >= 15 is 0 Å². The Kier molecular flexibility index (Phi) is 6.41. The third-order valence-corrected chi connectivity index (χ3v) is 7.35. The molecule has 2 aliphatic heterocycles. The Morgan fingerprint density at radius 2 is 2.11 bits per heavy atom. The quantitative estimate of drug-likeness (QED) is 0.459. The second kappa shape index (κ2) is 10.0. The Morgan fingerprint density at radius 3 is 2.87 bits per heavy atom. The highest BCUT2D eigenvalue weighted by atomic mass is 19.1. The molecule has 1 saturated heterocycles. The molecule has 1 amide bonds. The number of nitrogens with zero attached hydrogens (tertiary/aromatic N) is 4. The standard InChI is InChI=1S/C28H29BFN7O/c1-31-19-10-11-37(15-19)27(38)16-6-8-18(9-7-16)34-28-33-14-17-13-32-25(20-4-2-3-5-22(20)30)26-21(24(17)36-28)12-23(29)35-26/h2-4,6-9,12,14,19,22,31,35H,5,10-11,13,15,29H2,1H3,(H,33,34,36). The molecule has 0 radical (unpaired) electrons. The van der Waals surface area contributed by atoms with Crippen molar-refractivity contribution in [3.8, 4) is 11.3 Å². The van der Waals surface area contributed by atoms with Crippen molar-refractivity contribution in [2.24, 2.45) is 4.99 Å². The van der Waals surface area contributed by atoms with Crippen LogP contribution in [0.25, 0.3) is 11.3 Å². The monoisotopic (exact) mass is 509 g/mol. The SMILES string of the molecule is Bc1cc2c([nH]1)C(C1=CC=CCC1F)=NCc1cnc(Nc3ccc(C(=O)N4CCC(NC)C4)cc3)nc1-2. The number of fused-ring (bicyclic) bond motifs is 3. The van der Waals surface area contributed by atoms with E-state index in [4.69, 9.17) is 9.98 Å². The lowest BCUT2D eigenvalue weighted by Gasteiger charge is -2.17. The predicted molar refractivity (Wildman–Crippen MR) is 150 cm³/mol. The molecule has 2 aromatic heterocycles. The molecule has 0 saturated carbocycles. The number of allylic oxidation sites excluding steroid dienone is 4. The first kappa shape index (κ1) is 24.3. The van der Waals surface area contributed by atoms with E-state index in [-0.39, 0.29) is 5.91 Å². The molecule has 0 spiro atoms. The summed E-state index contributed by atoms with van der Waals surface area (Å²) in [4.78, 5) is 32.3. The van der Waals surface area contributed by atoms with Gasteiger partial charge in [-0.15, -0.1) is 0 Å². The van der Waals surface area contributed by atoms with Gasteiger partial charge >= 0.3 is 0 Å². The largest absolute Gasteiger partial charge is 0.366 e. The number of nitrogens with one attached hydrogen (secondary N) is 3. The molecule has 3 aliphatic rings. The average Bonchev–Trinajstić information content (AvgIpc) is 3.54. The van der Waals surface area contributed by atoms with Gasteiger partial charge in [-0.3, -0.25) is 9.79 Å². The average molecular weight is 509 g/mol. The third kappa shape index (κ3) is 4.56. The summed E-state index contributed by atoms with van der Waals surface area (Å²) in [5, 5.41) is 6.50. The molecule has 192 valence electrons. The predicted octanol–water partition coefficient (Wildman–Crippen LogP) is 2.43. The van der Waals surface area contributed by atoms with E-state index in [1.165, 1.54) is 0 Å². The number of likely N-dealkylation sites (N-methyl/N-ethyl adjacent to an activating group) is 1. The number of aliphatic imine (C=N–C) groups is 1. The number of aromatic amines is 1. The van der Waals surface area contributed by atoms with E-state index in [1.807, 2.05) is 62.3 Å². The number of benzene rings is 1. The van der Waals surface area contributed by atoms with E-state index in [0.717, 1.165) is 53.3 Å².